The van der Waals surface area contributed by atoms with Crippen molar-refractivity contribution in [3.8, 4) is 0 Å². The molecule has 0 aromatic carbocycles. The highest BCUT2D eigenvalue weighted by Gasteiger charge is 2.05. The van der Waals surface area contributed by atoms with E-state index in [2.05, 4.69) is 53.2 Å². The Balaban J connectivity index is 1.72. The third kappa shape index (κ3) is 3.82. The van der Waals surface area contributed by atoms with Gasteiger partial charge < -0.3 is 5.32 Å². The van der Waals surface area contributed by atoms with Gasteiger partial charge in [-0.1, -0.05) is 26.7 Å². The van der Waals surface area contributed by atoms with Crippen LogP contribution in [0.1, 0.15) is 45.7 Å². The summed E-state index contributed by atoms with van der Waals surface area (Å²) in [7, 11) is 0. The van der Waals surface area contributed by atoms with Gasteiger partial charge in [0.1, 0.15) is 0 Å². The Morgan fingerprint density at radius 1 is 1.33 bits per heavy atom. The summed E-state index contributed by atoms with van der Waals surface area (Å²) in [5, 5.41) is 5.62. The number of hydrogen-bond acceptors (Lipinski definition) is 3. The molecule has 0 saturated heterocycles. The molecule has 0 saturated carbocycles. The van der Waals surface area contributed by atoms with Crippen LogP contribution in [0.3, 0.4) is 0 Å². The second kappa shape index (κ2) is 6.34. The Bertz CT molecular complexity index is 444. The van der Waals surface area contributed by atoms with Crippen molar-refractivity contribution in [2.75, 3.05) is 0 Å². The first-order chi connectivity index (χ1) is 8.65. The maximum atomic E-state index is 4.57. The summed E-state index contributed by atoms with van der Waals surface area (Å²) in [6.07, 6.45) is 8.05. The van der Waals surface area contributed by atoms with Crippen molar-refractivity contribution < 1.29 is 0 Å². The van der Waals surface area contributed by atoms with Crippen LogP contribution in [0.2, 0.25) is 0 Å². The molecule has 1 atom stereocenters. The number of nitrogens with zero attached hydrogens (tertiary/aromatic N) is 2. The van der Waals surface area contributed by atoms with Gasteiger partial charge in [-0.05, 0) is 19.3 Å². The van der Waals surface area contributed by atoms with Crippen molar-refractivity contribution >= 4 is 16.3 Å². The van der Waals surface area contributed by atoms with E-state index in [0.29, 0.717) is 6.04 Å². The van der Waals surface area contributed by atoms with Gasteiger partial charge in [0, 0.05) is 30.4 Å². The topological polar surface area (TPSA) is 29.3 Å². The summed E-state index contributed by atoms with van der Waals surface area (Å²) in [5.41, 5.74) is 1.14. The molecule has 0 aliphatic rings. The van der Waals surface area contributed by atoms with Gasteiger partial charge >= 0.3 is 0 Å². The highest BCUT2D eigenvalue weighted by atomic mass is 32.1. The third-order valence-electron chi connectivity index (χ3n) is 3.19. The Morgan fingerprint density at radius 3 is 2.89 bits per heavy atom. The lowest BCUT2D eigenvalue weighted by Crippen LogP contribution is -2.25. The molecule has 2 rings (SSSR count). The van der Waals surface area contributed by atoms with Gasteiger partial charge in [0.25, 0.3) is 0 Å². The van der Waals surface area contributed by atoms with Gasteiger partial charge in [-0.15, -0.1) is 11.3 Å². The molecule has 2 aromatic rings. The van der Waals surface area contributed by atoms with Crippen LogP contribution in [0, 0.1) is 5.92 Å². The average molecular weight is 265 g/mol. The molecule has 1 N–H and O–H groups in total. The van der Waals surface area contributed by atoms with Gasteiger partial charge in [0.15, 0.2) is 4.96 Å². The van der Waals surface area contributed by atoms with E-state index >= 15 is 0 Å². The number of aromatic nitrogens is 2. The summed E-state index contributed by atoms with van der Waals surface area (Å²) >= 11 is 1.68. The quantitative estimate of drug-likeness (QED) is 0.827. The molecule has 1 unspecified atom stereocenters. The fourth-order valence-corrected chi connectivity index (χ4v) is 2.79. The van der Waals surface area contributed by atoms with Crippen molar-refractivity contribution in [2.45, 2.75) is 52.6 Å². The zero-order valence-electron chi connectivity index (χ0n) is 11.5. The minimum Gasteiger partial charge on any atom is -0.309 e. The normalized spacial score (nSPS) is 13.6. The van der Waals surface area contributed by atoms with E-state index < -0.39 is 0 Å². The van der Waals surface area contributed by atoms with E-state index in [9.17, 15) is 0 Å². The maximum Gasteiger partial charge on any atom is 0.193 e. The first-order valence-electron chi connectivity index (χ1n) is 6.79. The third-order valence-corrected chi connectivity index (χ3v) is 3.96. The molecule has 3 nitrogen and oxygen atoms in total. The Labute approximate surface area is 113 Å². The van der Waals surface area contributed by atoms with Gasteiger partial charge in [-0.3, -0.25) is 4.40 Å². The van der Waals surface area contributed by atoms with Crippen molar-refractivity contribution in [2.24, 2.45) is 5.92 Å². The SMILES string of the molecule is CC(C)CCCC(C)NCc1cn2ccsc2n1. The molecule has 0 bridgehead atoms. The molecule has 2 heterocycles. The van der Waals surface area contributed by atoms with E-state index in [-0.39, 0.29) is 0 Å². The molecule has 0 amide bonds. The number of imidazole rings is 1. The zero-order chi connectivity index (χ0) is 13.0. The molecule has 4 heteroatoms. The Kier molecular flexibility index (Phi) is 4.78. The van der Waals surface area contributed by atoms with Crippen LogP contribution in [0.15, 0.2) is 17.8 Å². The number of rotatable bonds is 7. The Hall–Kier alpha value is -0.870. The largest absolute Gasteiger partial charge is 0.309 e. The molecule has 0 aliphatic carbocycles. The van der Waals surface area contributed by atoms with Crippen LogP contribution in [0.4, 0.5) is 0 Å². The second-order valence-electron chi connectivity index (χ2n) is 5.43. The average Bonchev–Trinajstić information content (AvgIpc) is 2.85. The minimum absolute atomic E-state index is 0.573. The molecule has 2 aromatic heterocycles. The predicted molar refractivity (Wildman–Crippen MR) is 78.1 cm³/mol. The lowest BCUT2D eigenvalue weighted by molar-refractivity contribution is 0.455. The maximum absolute atomic E-state index is 4.57. The molecule has 0 aliphatic heterocycles. The predicted octanol–water partition coefficient (Wildman–Crippen LogP) is 3.70. The monoisotopic (exact) mass is 265 g/mol. The van der Waals surface area contributed by atoms with Crippen molar-refractivity contribution in [3.05, 3.63) is 23.5 Å². The summed E-state index contributed by atoms with van der Waals surface area (Å²) in [6.45, 7) is 7.71. The van der Waals surface area contributed by atoms with Crippen LogP contribution in [-0.2, 0) is 6.54 Å². The van der Waals surface area contributed by atoms with Gasteiger partial charge in [0.2, 0.25) is 0 Å². The molecule has 100 valence electrons. The Morgan fingerprint density at radius 2 is 2.17 bits per heavy atom. The lowest BCUT2D eigenvalue weighted by atomic mass is 10.0. The summed E-state index contributed by atoms with van der Waals surface area (Å²) in [5.74, 6) is 0.817. The summed E-state index contributed by atoms with van der Waals surface area (Å²) < 4.78 is 2.09. The summed E-state index contributed by atoms with van der Waals surface area (Å²) in [6, 6.07) is 0.573. The van der Waals surface area contributed by atoms with Gasteiger partial charge in [-0.2, -0.15) is 0 Å². The van der Waals surface area contributed by atoms with Crippen LogP contribution < -0.4 is 5.32 Å². The van der Waals surface area contributed by atoms with Crippen molar-refractivity contribution in [3.63, 3.8) is 0 Å². The van der Waals surface area contributed by atoms with Gasteiger partial charge in [0.05, 0.1) is 5.69 Å². The van der Waals surface area contributed by atoms with E-state index in [0.717, 1.165) is 23.1 Å². The van der Waals surface area contributed by atoms with Crippen LogP contribution >= 0.6 is 11.3 Å². The first-order valence-corrected chi connectivity index (χ1v) is 7.67. The van der Waals surface area contributed by atoms with E-state index in [1.54, 1.807) is 11.3 Å². The summed E-state index contributed by atoms with van der Waals surface area (Å²) in [4.78, 5) is 5.65. The zero-order valence-corrected chi connectivity index (χ0v) is 12.3. The smallest absolute Gasteiger partial charge is 0.193 e. The number of fused-ring (bicyclic) bond motifs is 1. The van der Waals surface area contributed by atoms with Crippen molar-refractivity contribution in [1.82, 2.24) is 14.7 Å². The molecule has 0 spiro atoms. The number of hydrogen-bond donors (Lipinski definition) is 1. The number of nitrogens with one attached hydrogen (secondary N) is 1. The molecule has 18 heavy (non-hydrogen) atoms. The molecule has 0 fully saturated rings. The standard InChI is InChI=1S/C14H23N3S/c1-11(2)5-4-6-12(3)15-9-13-10-17-7-8-18-14(17)16-13/h7-8,10-12,15H,4-6,9H2,1-3H3. The van der Waals surface area contributed by atoms with Crippen LogP contribution in [0.5, 0.6) is 0 Å². The number of thiazole rings is 1. The highest BCUT2D eigenvalue weighted by Crippen LogP contribution is 2.12. The first kappa shape index (κ1) is 13.6. The fraction of sp³-hybridized carbons (Fsp3) is 0.643. The van der Waals surface area contributed by atoms with Crippen LogP contribution in [0.25, 0.3) is 4.96 Å². The van der Waals surface area contributed by atoms with E-state index in [1.807, 2.05) is 0 Å². The lowest BCUT2D eigenvalue weighted by Gasteiger charge is -2.13. The molecule has 0 radical (unpaired) electrons. The molecular weight excluding hydrogens is 242 g/mol. The van der Waals surface area contributed by atoms with Gasteiger partial charge in [-0.25, -0.2) is 4.98 Å². The van der Waals surface area contributed by atoms with E-state index in [1.165, 1.54) is 19.3 Å². The van der Waals surface area contributed by atoms with E-state index in [4.69, 9.17) is 0 Å². The van der Waals surface area contributed by atoms with Crippen molar-refractivity contribution in [1.29, 1.82) is 0 Å². The fourth-order valence-electron chi connectivity index (χ4n) is 2.07. The molecular formula is C14H23N3S. The second-order valence-corrected chi connectivity index (χ2v) is 6.30. The van der Waals surface area contributed by atoms with Crippen LogP contribution in [-0.4, -0.2) is 15.4 Å². The highest BCUT2D eigenvalue weighted by molar-refractivity contribution is 7.15. The minimum atomic E-state index is 0.573.